The van der Waals surface area contributed by atoms with Crippen LogP contribution in [-0.2, 0) is 4.79 Å². The number of benzene rings is 1. The fraction of sp³-hybridized carbons (Fsp3) is 0.308. The topological polar surface area (TPSA) is 17.1 Å². The van der Waals surface area contributed by atoms with Gasteiger partial charge in [-0.1, -0.05) is 32.0 Å². The molecule has 0 radical (unpaired) electrons. The second kappa shape index (κ2) is 8.18. The molecule has 1 aromatic heterocycles. The molecule has 15 heavy (non-hydrogen) atoms. The zero-order valence-electron chi connectivity index (χ0n) is 9.78. The van der Waals surface area contributed by atoms with Crippen molar-refractivity contribution in [2.24, 2.45) is 0 Å². The van der Waals surface area contributed by atoms with Crippen LogP contribution in [0.15, 0.2) is 35.7 Å². The normalized spacial score (nSPS) is 8.27. The lowest BCUT2D eigenvalue weighted by Crippen LogP contribution is -1.69. The molecule has 0 aliphatic heterocycles. The van der Waals surface area contributed by atoms with Crippen molar-refractivity contribution >= 4 is 27.2 Å². The second-order valence-corrected chi connectivity index (χ2v) is 3.81. The number of carbonyl (C=O) groups excluding carboxylic acids is 1. The van der Waals surface area contributed by atoms with Gasteiger partial charge in [0.25, 0.3) is 0 Å². The van der Waals surface area contributed by atoms with E-state index >= 15 is 0 Å². The van der Waals surface area contributed by atoms with Gasteiger partial charge in [0, 0.05) is 4.70 Å². The van der Waals surface area contributed by atoms with Gasteiger partial charge in [0.15, 0.2) is 0 Å². The van der Waals surface area contributed by atoms with E-state index in [0.29, 0.717) is 0 Å². The van der Waals surface area contributed by atoms with Crippen LogP contribution in [0.2, 0.25) is 0 Å². The fourth-order valence-electron chi connectivity index (χ4n) is 0.906. The molecule has 0 saturated heterocycles. The molecule has 2 rings (SSSR count). The summed E-state index contributed by atoms with van der Waals surface area (Å²) in [4.78, 5) is 9.44. The maximum absolute atomic E-state index is 9.44. The molecule has 1 heterocycles. The maximum Gasteiger partial charge on any atom is 0.126 e. The third-order valence-electron chi connectivity index (χ3n) is 1.36. The Labute approximate surface area is 95.8 Å². The summed E-state index contributed by atoms with van der Waals surface area (Å²) in [6.45, 7) is 7.06. The van der Waals surface area contributed by atoms with E-state index in [1.54, 1.807) is 11.3 Å². The minimum atomic E-state index is 0.167. The number of hydrogen-bond acceptors (Lipinski definition) is 2. The monoisotopic (exact) mass is 222 g/mol. The molecule has 0 saturated carbocycles. The van der Waals surface area contributed by atoms with Crippen LogP contribution in [0.5, 0.6) is 0 Å². The Morgan fingerprint density at radius 2 is 1.60 bits per heavy atom. The van der Waals surface area contributed by atoms with Crippen LogP contribution in [0.1, 0.15) is 27.7 Å². The Balaban J connectivity index is 0.000000282. The summed E-state index contributed by atoms with van der Waals surface area (Å²) in [5.74, 6) is 0.167. The molecule has 0 amide bonds. The zero-order valence-corrected chi connectivity index (χ0v) is 10.6. The van der Waals surface area contributed by atoms with Gasteiger partial charge in [-0.3, -0.25) is 0 Å². The van der Waals surface area contributed by atoms with E-state index in [2.05, 4.69) is 35.7 Å². The Morgan fingerprint density at radius 3 is 2.13 bits per heavy atom. The summed E-state index contributed by atoms with van der Waals surface area (Å²) in [6.07, 6.45) is 0. The lowest BCUT2D eigenvalue weighted by atomic mass is 10.3. The summed E-state index contributed by atoms with van der Waals surface area (Å²) in [5, 5.41) is 3.47. The van der Waals surface area contributed by atoms with Crippen LogP contribution in [0.3, 0.4) is 0 Å². The highest BCUT2D eigenvalue weighted by molar-refractivity contribution is 7.17. The van der Waals surface area contributed by atoms with Gasteiger partial charge in [-0.15, -0.1) is 11.3 Å². The minimum absolute atomic E-state index is 0.167. The first kappa shape index (κ1) is 13.8. The largest absolute Gasteiger partial charge is 0.300 e. The SMILES string of the molecule is CC.CC(C)=O.c1ccc2sccc2c1. The quantitative estimate of drug-likeness (QED) is 0.640. The van der Waals surface area contributed by atoms with E-state index < -0.39 is 0 Å². The van der Waals surface area contributed by atoms with E-state index in [1.807, 2.05) is 13.8 Å². The Morgan fingerprint density at radius 1 is 1.07 bits per heavy atom. The van der Waals surface area contributed by atoms with Crippen LogP contribution < -0.4 is 0 Å². The molecule has 0 bridgehead atoms. The van der Waals surface area contributed by atoms with Gasteiger partial charge in [0.1, 0.15) is 5.78 Å². The van der Waals surface area contributed by atoms with Crippen LogP contribution in [0.4, 0.5) is 0 Å². The molecule has 2 aromatic rings. The van der Waals surface area contributed by atoms with Crippen molar-refractivity contribution in [2.75, 3.05) is 0 Å². The molecule has 82 valence electrons. The maximum atomic E-state index is 9.44. The predicted octanol–water partition coefficient (Wildman–Crippen LogP) is 4.52. The summed E-state index contributed by atoms with van der Waals surface area (Å²) in [6, 6.07) is 10.5. The molecule has 0 spiro atoms. The highest BCUT2D eigenvalue weighted by Crippen LogP contribution is 2.18. The molecule has 1 nitrogen and oxygen atoms in total. The Hall–Kier alpha value is -1.15. The zero-order chi connectivity index (χ0) is 11.7. The van der Waals surface area contributed by atoms with E-state index in [9.17, 15) is 4.79 Å². The average molecular weight is 222 g/mol. The smallest absolute Gasteiger partial charge is 0.126 e. The lowest BCUT2D eigenvalue weighted by molar-refractivity contribution is -0.114. The van der Waals surface area contributed by atoms with Gasteiger partial charge in [0.2, 0.25) is 0 Å². The molecule has 0 fully saturated rings. The van der Waals surface area contributed by atoms with Crippen molar-refractivity contribution in [1.29, 1.82) is 0 Å². The number of rotatable bonds is 0. The van der Waals surface area contributed by atoms with Crippen LogP contribution in [-0.4, -0.2) is 5.78 Å². The van der Waals surface area contributed by atoms with Crippen LogP contribution >= 0.6 is 11.3 Å². The summed E-state index contributed by atoms with van der Waals surface area (Å²) in [5.41, 5.74) is 0. The summed E-state index contributed by atoms with van der Waals surface area (Å²) < 4.78 is 1.37. The molecular weight excluding hydrogens is 204 g/mol. The van der Waals surface area contributed by atoms with Gasteiger partial charge in [-0.05, 0) is 36.7 Å². The first-order chi connectivity index (χ1) is 7.20. The predicted molar refractivity (Wildman–Crippen MR) is 69.5 cm³/mol. The molecule has 0 aliphatic rings. The van der Waals surface area contributed by atoms with E-state index in [-0.39, 0.29) is 5.78 Å². The van der Waals surface area contributed by atoms with Gasteiger partial charge < -0.3 is 4.79 Å². The van der Waals surface area contributed by atoms with Crippen molar-refractivity contribution in [2.45, 2.75) is 27.7 Å². The molecule has 0 atom stereocenters. The molecule has 0 unspecified atom stereocenters. The number of fused-ring (bicyclic) bond motifs is 1. The first-order valence-corrected chi connectivity index (χ1v) is 5.97. The standard InChI is InChI=1S/C8H6S.C3H6O.C2H6/c1-2-4-8-7(3-1)5-6-9-8;1-3(2)4;1-2/h1-6H;1-2H3;1-2H3. The Bertz CT molecular complexity index is 356. The minimum Gasteiger partial charge on any atom is -0.300 e. The number of hydrogen-bond donors (Lipinski definition) is 0. The van der Waals surface area contributed by atoms with Gasteiger partial charge >= 0.3 is 0 Å². The highest BCUT2D eigenvalue weighted by atomic mass is 32.1. The first-order valence-electron chi connectivity index (χ1n) is 5.09. The number of carbonyl (C=O) groups is 1. The van der Waals surface area contributed by atoms with Gasteiger partial charge in [-0.25, -0.2) is 0 Å². The fourth-order valence-corrected chi connectivity index (χ4v) is 1.70. The summed E-state index contributed by atoms with van der Waals surface area (Å²) >= 11 is 1.79. The molecule has 1 aromatic carbocycles. The highest BCUT2D eigenvalue weighted by Gasteiger charge is 1.87. The lowest BCUT2D eigenvalue weighted by Gasteiger charge is -1.82. The molecular formula is C13H18OS. The third kappa shape index (κ3) is 6.02. The van der Waals surface area contributed by atoms with Crippen LogP contribution in [0.25, 0.3) is 10.1 Å². The number of Topliss-reactive ketones (excluding diaryl/α,β-unsaturated/α-hetero) is 1. The van der Waals surface area contributed by atoms with E-state index in [4.69, 9.17) is 0 Å². The molecule has 0 aliphatic carbocycles. The summed E-state index contributed by atoms with van der Waals surface area (Å²) in [7, 11) is 0. The second-order valence-electron chi connectivity index (χ2n) is 2.87. The third-order valence-corrected chi connectivity index (χ3v) is 2.26. The Kier molecular flexibility index (Phi) is 7.56. The van der Waals surface area contributed by atoms with Gasteiger partial charge in [0.05, 0.1) is 0 Å². The van der Waals surface area contributed by atoms with Crippen molar-refractivity contribution in [3.63, 3.8) is 0 Å². The van der Waals surface area contributed by atoms with Crippen LogP contribution in [0, 0.1) is 0 Å². The average Bonchev–Trinajstić information content (AvgIpc) is 2.67. The molecule has 0 N–H and O–H groups in total. The van der Waals surface area contributed by atoms with E-state index in [1.165, 1.54) is 23.9 Å². The van der Waals surface area contributed by atoms with Crippen molar-refractivity contribution < 1.29 is 4.79 Å². The van der Waals surface area contributed by atoms with Gasteiger partial charge in [-0.2, -0.15) is 0 Å². The van der Waals surface area contributed by atoms with Crippen molar-refractivity contribution in [1.82, 2.24) is 0 Å². The van der Waals surface area contributed by atoms with Crippen molar-refractivity contribution in [3.8, 4) is 0 Å². The number of ketones is 1. The number of thiophene rings is 1. The van der Waals surface area contributed by atoms with Crippen molar-refractivity contribution in [3.05, 3.63) is 35.7 Å². The van der Waals surface area contributed by atoms with E-state index in [0.717, 1.165) is 0 Å². The molecule has 2 heteroatoms.